The average Bonchev–Trinajstić information content (AvgIpc) is 2.04. The summed E-state index contributed by atoms with van der Waals surface area (Å²) in [6.45, 7) is 1.99. The van der Waals surface area contributed by atoms with Gasteiger partial charge in [-0.1, -0.05) is 17.7 Å². The van der Waals surface area contributed by atoms with Gasteiger partial charge in [-0.15, -0.1) is 0 Å². The summed E-state index contributed by atoms with van der Waals surface area (Å²) < 4.78 is 4.52. The zero-order chi connectivity index (χ0) is 8.97. The lowest BCUT2D eigenvalue weighted by Gasteiger charge is -1.99. The van der Waals surface area contributed by atoms with E-state index in [9.17, 15) is 4.79 Å². The molecule has 0 heterocycles. The highest BCUT2D eigenvalue weighted by molar-refractivity contribution is 8.13. The molecular weight excluding hydrogens is 172 g/mol. The Hall–Kier alpha value is -0.960. The van der Waals surface area contributed by atoms with E-state index in [4.69, 9.17) is 0 Å². The maximum absolute atomic E-state index is 10.8. The molecule has 0 aliphatic carbocycles. The third kappa shape index (κ3) is 2.58. The molecule has 1 aromatic carbocycles. The number of thioether (sulfide) groups is 1. The van der Waals surface area contributed by atoms with Gasteiger partial charge in [0.05, 0.1) is 7.11 Å². The molecular formula is C9H10O2S. The molecule has 0 amide bonds. The maximum Gasteiger partial charge on any atom is 0.371 e. The van der Waals surface area contributed by atoms with Gasteiger partial charge in [0, 0.05) is 4.90 Å². The second kappa shape index (κ2) is 4.16. The molecule has 0 atom stereocenters. The molecule has 64 valence electrons. The smallest absolute Gasteiger partial charge is 0.371 e. The Morgan fingerprint density at radius 3 is 2.83 bits per heavy atom. The topological polar surface area (TPSA) is 26.3 Å². The number of hydrogen-bond donors (Lipinski definition) is 0. The summed E-state index contributed by atoms with van der Waals surface area (Å²) in [7, 11) is 1.38. The van der Waals surface area contributed by atoms with Crippen molar-refractivity contribution >= 4 is 17.1 Å². The van der Waals surface area contributed by atoms with Crippen molar-refractivity contribution in [2.24, 2.45) is 0 Å². The SMILES string of the molecule is COC(=O)Sc1cccc(C)c1. The quantitative estimate of drug-likeness (QED) is 0.493. The summed E-state index contributed by atoms with van der Waals surface area (Å²) >= 11 is 1.10. The third-order valence-electron chi connectivity index (χ3n) is 1.36. The van der Waals surface area contributed by atoms with Crippen LogP contribution in [0.2, 0.25) is 0 Å². The van der Waals surface area contributed by atoms with E-state index in [2.05, 4.69) is 4.74 Å². The van der Waals surface area contributed by atoms with E-state index >= 15 is 0 Å². The molecule has 0 unspecified atom stereocenters. The molecule has 0 aliphatic heterocycles. The van der Waals surface area contributed by atoms with Crippen LogP contribution < -0.4 is 0 Å². The van der Waals surface area contributed by atoms with Crippen molar-refractivity contribution in [1.82, 2.24) is 0 Å². The average molecular weight is 182 g/mol. The molecule has 0 aromatic heterocycles. The lowest BCUT2D eigenvalue weighted by molar-refractivity contribution is 0.200. The van der Waals surface area contributed by atoms with Gasteiger partial charge in [0.15, 0.2) is 0 Å². The van der Waals surface area contributed by atoms with Gasteiger partial charge in [0.25, 0.3) is 0 Å². The van der Waals surface area contributed by atoms with Crippen LogP contribution in [-0.2, 0) is 4.74 Å². The van der Waals surface area contributed by atoms with E-state index in [0.717, 1.165) is 22.2 Å². The van der Waals surface area contributed by atoms with E-state index in [1.165, 1.54) is 7.11 Å². The van der Waals surface area contributed by atoms with E-state index in [0.29, 0.717) is 0 Å². The fourth-order valence-corrected chi connectivity index (χ4v) is 1.48. The van der Waals surface area contributed by atoms with Crippen molar-refractivity contribution in [3.63, 3.8) is 0 Å². The minimum Gasteiger partial charge on any atom is -0.461 e. The molecule has 0 N–H and O–H groups in total. The van der Waals surface area contributed by atoms with Crippen LogP contribution in [0.3, 0.4) is 0 Å². The standard InChI is InChI=1S/C9H10O2S/c1-7-4-3-5-8(6-7)12-9(10)11-2/h3-6H,1-2H3. The van der Waals surface area contributed by atoms with Crippen molar-refractivity contribution in [2.45, 2.75) is 11.8 Å². The largest absolute Gasteiger partial charge is 0.461 e. The highest BCUT2D eigenvalue weighted by atomic mass is 32.2. The van der Waals surface area contributed by atoms with Crippen LogP contribution in [0, 0.1) is 6.92 Å². The van der Waals surface area contributed by atoms with Crippen LogP contribution in [0.25, 0.3) is 0 Å². The molecule has 0 bridgehead atoms. The molecule has 1 aromatic rings. The monoisotopic (exact) mass is 182 g/mol. The van der Waals surface area contributed by atoms with Crippen molar-refractivity contribution in [2.75, 3.05) is 7.11 Å². The number of rotatable bonds is 1. The normalized spacial score (nSPS) is 9.50. The van der Waals surface area contributed by atoms with Gasteiger partial charge in [-0.05, 0) is 30.8 Å². The Bertz CT molecular complexity index is 284. The Labute approximate surface area is 75.9 Å². The molecule has 0 spiro atoms. The van der Waals surface area contributed by atoms with E-state index in [1.54, 1.807) is 0 Å². The first-order chi connectivity index (χ1) is 5.72. The van der Waals surface area contributed by atoms with E-state index < -0.39 is 0 Å². The Kier molecular flexibility index (Phi) is 3.17. The number of ether oxygens (including phenoxy) is 1. The lowest BCUT2D eigenvalue weighted by atomic mass is 10.2. The number of methoxy groups -OCH3 is 1. The van der Waals surface area contributed by atoms with E-state index in [-0.39, 0.29) is 5.30 Å². The summed E-state index contributed by atoms with van der Waals surface area (Å²) in [6.07, 6.45) is 0. The first kappa shape index (κ1) is 9.13. The van der Waals surface area contributed by atoms with Crippen molar-refractivity contribution in [1.29, 1.82) is 0 Å². The van der Waals surface area contributed by atoms with Crippen molar-refractivity contribution in [3.8, 4) is 0 Å². The summed E-state index contributed by atoms with van der Waals surface area (Å²) in [6, 6.07) is 7.73. The molecule has 0 aliphatic rings. The van der Waals surface area contributed by atoms with Crippen LogP contribution in [0.1, 0.15) is 5.56 Å². The molecule has 1 rings (SSSR count). The van der Waals surface area contributed by atoms with Gasteiger partial charge in [0.2, 0.25) is 0 Å². The zero-order valence-electron chi connectivity index (χ0n) is 7.03. The molecule has 0 fully saturated rings. The summed E-state index contributed by atoms with van der Waals surface area (Å²) in [5.74, 6) is 0. The predicted octanol–water partition coefficient (Wildman–Crippen LogP) is 2.85. The fraction of sp³-hybridized carbons (Fsp3) is 0.222. The van der Waals surface area contributed by atoms with Crippen LogP contribution in [0.4, 0.5) is 4.79 Å². The highest BCUT2D eigenvalue weighted by Gasteiger charge is 2.02. The first-order valence-electron chi connectivity index (χ1n) is 3.55. The zero-order valence-corrected chi connectivity index (χ0v) is 7.85. The fourth-order valence-electron chi connectivity index (χ4n) is 0.817. The van der Waals surface area contributed by atoms with Crippen molar-refractivity contribution < 1.29 is 9.53 Å². The van der Waals surface area contributed by atoms with Crippen LogP contribution in [-0.4, -0.2) is 12.4 Å². The summed E-state index contributed by atoms with van der Waals surface area (Å²) in [5.41, 5.74) is 1.14. The van der Waals surface area contributed by atoms with Gasteiger partial charge in [-0.25, -0.2) is 4.79 Å². The van der Waals surface area contributed by atoms with E-state index in [1.807, 2.05) is 31.2 Å². The van der Waals surface area contributed by atoms with Gasteiger partial charge in [-0.2, -0.15) is 0 Å². The van der Waals surface area contributed by atoms with Crippen LogP contribution >= 0.6 is 11.8 Å². The predicted molar refractivity (Wildman–Crippen MR) is 49.4 cm³/mol. The molecule has 0 saturated carbocycles. The lowest BCUT2D eigenvalue weighted by Crippen LogP contribution is -1.89. The van der Waals surface area contributed by atoms with Crippen LogP contribution in [0.5, 0.6) is 0 Å². The van der Waals surface area contributed by atoms with Gasteiger partial charge in [0.1, 0.15) is 0 Å². The number of aryl methyl sites for hydroxylation is 1. The van der Waals surface area contributed by atoms with Gasteiger partial charge < -0.3 is 4.74 Å². The van der Waals surface area contributed by atoms with Crippen molar-refractivity contribution in [3.05, 3.63) is 29.8 Å². The number of benzene rings is 1. The minimum atomic E-state index is -0.277. The maximum atomic E-state index is 10.8. The third-order valence-corrected chi connectivity index (χ3v) is 2.18. The molecule has 12 heavy (non-hydrogen) atoms. The molecule has 2 nitrogen and oxygen atoms in total. The molecule has 0 radical (unpaired) electrons. The number of carbonyl (C=O) groups excluding carboxylic acids is 1. The van der Waals surface area contributed by atoms with Gasteiger partial charge >= 0.3 is 5.30 Å². The minimum absolute atomic E-state index is 0.277. The number of hydrogen-bond acceptors (Lipinski definition) is 3. The Balaban J connectivity index is 2.69. The van der Waals surface area contributed by atoms with Gasteiger partial charge in [-0.3, -0.25) is 0 Å². The summed E-state index contributed by atoms with van der Waals surface area (Å²) in [5, 5.41) is -0.277. The second-order valence-corrected chi connectivity index (χ2v) is 3.38. The summed E-state index contributed by atoms with van der Waals surface area (Å²) in [4.78, 5) is 11.8. The highest BCUT2D eigenvalue weighted by Crippen LogP contribution is 2.20. The first-order valence-corrected chi connectivity index (χ1v) is 4.36. The number of carbonyl (C=O) groups is 1. The molecule has 3 heteroatoms. The Morgan fingerprint density at radius 2 is 2.25 bits per heavy atom. The Morgan fingerprint density at radius 1 is 1.50 bits per heavy atom. The molecule has 0 saturated heterocycles. The second-order valence-electron chi connectivity index (χ2n) is 2.37. The van der Waals surface area contributed by atoms with Crippen LogP contribution in [0.15, 0.2) is 29.2 Å².